The molecule has 0 rings (SSSR count). The predicted octanol–water partition coefficient (Wildman–Crippen LogP) is 4.58. The third-order valence-electron chi connectivity index (χ3n) is 2.95. The highest BCUT2D eigenvalue weighted by Gasteiger charge is 2.01. The average molecular weight is 250 g/mol. The Morgan fingerprint density at radius 1 is 1.17 bits per heavy atom. The molecule has 0 unspecified atom stereocenters. The number of esters is 1. The summed E-state index contributed by atoms with van der Waals surface area (Å²) in [6, 6.07) is 0. The summed E-state index contributed by atoms with van der Waals surface area (Å²) in [5.41, 5.74) is 4.64. The van der Waals surface area contributed by atoms with Crippen molar-refractivity contribution < 1.29 is 9.53 Å². The van der Waals surface area contributed by atoms with Crippen molar-refractivity contribution in [3.63, 3.8) is 0 Å². The molecule has 0 saturated carbocycles. The van der Waals surface area contributed by atoms with E-state index < -0.39 is 0 Å². The van der Waals surface area contributed by atoms with Crippen LogP contribution >= 0.6 is 0 Å². The minimum Gasteiger partial charge on any atom is -0.458 e. The Morgan fingerprint density at radius 2 is 1.78 bits per heavy atom. The van der Waals surface area contributed by atoms with Gasteiger partial charge in [0.05, 0.1) is 0 Å². The van der Waals surface area contributed by atoms with E-state index in [-0.39, 0.29) is 5.97 Å². The summed E-state index contributed by atoms with van der Waals surface area (Å²) >= 11 is 0. The van der Waals surface area contributed by atoms with Crippen LogP contribution < -0.4 is 0 Å². The standard InChI is InChI=1S/C16H26O2/c1-7-15(12(2)3)9-8-14(6)10-11-18-16(17)13(4)5/h10H,4,7-9,11H2,1-3,5-6H3/b14-10+. The van der Waals surface area contributed by atoms with Gasteiger partial charge in [0.1, 0.15) is 6.61 Å². The molecule has 0 fully saturated rings. The molecular formula is C16H26O2. The monoisotopic (exact) mass is 250 g/mol. The van der Waals surface area contributed by atoms with Gasteiger partial charge in [-0.15, -0.1) is 0 Å². The van der Waals surface area contributed by atoms with Crippen molar-refractivity contribution in [3.8, 4) is 0 Å². The molecule has 0 spiro atoms. The van der Waals surface area contributed by atoms with Gasteiger partial charge in [-0.1, -0.05) is 30.2 Å². The van der Waals surface area contributed by atoms with Crippen LogP contribution in [0, 0.1) is 0 Å². The van der Waals surface area contributed by atoms with Crippen molar-refractivity contribution >= 4 is 5.97 Å². The normalized spacial score (nSPS) is 11.1. The Kier molecular flexibility index (Phi) is 8.10. The van der Waals surface area contributed by atoms with Gasteiger partial charge >= 0.3 is 5.97 Å². The number of rotatable bonds is 7. The molecular weight excluding hydrogens is 224 g/mol. The predicted molar refractivity (Wildman–Crippen MR) is 77.4 cm³/mol. The first-order valence-corrected chi connectivity index (χ1v) is 6.52. The van der Waals surface area contributed by atoms with Gasteiger partial charge in [0.15, 0.2) is 0 Å². The summed E-state index contributed by atoms with van der Waals surface area (Å²) in [5.74, 6) is -0.322. The SMILES string of the molecule is C=C(C)C(=O)OC/C=C(\C)CCC(CC)=C(C)C. The van der Waals surface area contributed by atoms with Crippen molar-refractivity contribution in [2.75, 3.05) is 6.61 Å². The van der Waals surface area contributed by atoms with Gasteiger partial charge in [-0.25, -0.2) is 4.79 Å². The number of carbonyl (C=O) groups excluding carboxylic acids is 1. The first-order chi connectivity index (χ1) is 8.38. The van der Waals surface area contributed by atoms with Crippen molar-refractivity contribution in [2.45, 2.75) is 53.9 Å². The quantitative estimate of drug-likeness (QED) is 0.375. The highest BCUT2D eigenvalue weighted by Crippen LogP contribution is 2.17. The van der Waals surface area contributed by atoms with Crippen LogP contribution in [0.25, 0.3) is 0 Å². The van der Waals surface area contributed by atoms with E-state index in [1.54, 1.807) is 6.92 Å². The van der Waals surface area contributed by atoms with Gasteiger partial charge < -0.3 is 4.74 Å². The number of ether oxygens (including phenoxy) is 1. The maximum absolute atomic E-state index is 11.2. The molecule has 0 aliphatic carbocycles. The fourth-order valence-electron chi connectivity index (χ4n) is 1.61. The van der Waals surface area contributed by atoms with Crippen LogP contribution in [-0.2, 0) is 9.53 Å². The molecule has 0 N–H and O–H groups in total. The number of allylic oxidation sites excluding steroid dienone is 3. The van der Waals surface area contributed by atoms with Gasteiger partial charge in [0.25, 0.3) is 0 Å². The molecule has 2 heteroatoms. The second-order valence-electron chi connectivity index (χ2n) is 4.89. The fourth-order valence-corrected chi connectivity index (χ4v) is 1.61. The van der Waals surface area contributed by atoms with Crippen LogP contribution in [0.15, 0.2) is 34.9 Å². The molecule has 0 aromatic heterocycles. The molecule has 2 nitrogen and oxygen atoms in total. The molecule has 0 aliphatic heterocycles. The van der Waals surface area contributed by atoms with E-state index in [9.17, 15) is 4.79 Å². The lowest BCUT2D eigenvalue weighted by Crippen LogP contribution is -2.04. The van der Waals surface area contributed by atoms with Gasteiger partial charge in [0, 0.05) is 5.57 Å². The van der Waals surface area contributed by atoms with E-state index in [1.807, 2.05) is 6.08 Å². The van der Waals surface area contributed by atoms with Crippen LogP contribution in [0.3, 0.4) is 0 Å². The molecule has 0 aromatic carbocycles. The van der Waals surface area contributed by atoms with Crippen molar-refractivity contribution in [1.29, 1.82) is 0 Å². The van der Waals surface area contributed by atoms with E-state index in [1.165, 1.54) is 16.7 Å². The van der Waals surface area contributed by atoms with Gasteiger partial charge in [0.2, 0.25) is 0 Å². The number of hydrogen-bond acceptors (Lipinski definition) is 2. The molecule has 0 aromatic rings. The Bertz CT molecular complexity index is 355. The maximum Gasteiger partial charge on any atom is 0.333 e. The topological polar surface area (TPSA) is 26.3 Å². The van der Waals surface area contributed by atoms with Crippen molar-refractivity contribution in [1.82, 2.24) is 0 Å². The summed E-state index contributed by atoms with van der Waals surface area (Å²) < 4.78 is 5.03. The third kappa shape index (κ3) is 7.10. The van der Waals surface area contributed by atoms with Crippen LogP contribution in [0.5, 0.6) is 0 Å². The summed E-state index contributed by atoms with van der Waals surface area (Å²) in [4.78, 5) is 11.2. The summed E-state index contributed by atoms with van der Waals surface area (Å²) in [7, 11) is 0. The largest absolute Gasteiger partial charge is 0.458 e. The molecule has 0 bridgehead atoms. The zero-order valence-electron chi connectivity index (χ0n) is 12.4. The summed E-state index contributed by atoms with van der Waals surface area (Å²) in [6.07, 6.45) is 5.20. The molecule has 0 heterocycles. The van der Waals surface area contributed by atoms with E-state index in [4.69, 9.17) is 4.74 Å². The molecule has 0 amide bonds. The average Bonchev–Trinajstić information content (AvgIpc) is 2.29. The lowest BCUT2D eigenvalue weighted by atomic mass is 10.00. The number of hydrogen-bond donors (Lipinski definition) is 0. The minimum atomic E-state index is -0.322. The first kappa shape index (κ1) is 16.7. The Morgan fingerprint density at radius 3 is 2.22 bits per heavy atom. The molecule has 0 saturated heterocycles. The van der Waals surface area contributed by atoms with Crippen LogP contribution in [0.1, 0.15) is 53.9 Å². The molecule has 102 valence electrons. The van der Waals surface area contributed by atoms with E-state index in [0.717, 1.165) is 19.3 Å². The molecule has 0 atom stereocenters. The van der Waals surface area contributed by atoms with Crippen molar-refractivity contribution in [2.24, 2.45) is 0 Å². The second kappa shape index (κ2) is 8.73. The zero-order chi connectivity index (χ0) is 14.1. The molecule has 0 aliphatic rings. The van der Waals surface area contributed by atoms with E-state index in [0.29, 0.717) is 12.2 Å². The van der Waals surface area contributed by atoms with E-state index in [2.05, 4.69) is 34.3 Å². The van der Waals surface area contributed by atoms with Gasteiger partial charge in [-0.3, -0.25) is 0 Å². The fraction of sp³-hybridized carbons (Fsp3) is 0.562. The lowest BCUT2D eigenvalue weighted by Gasteiger charge is -2.08. The second-order valence-corrected chi connectivity index (χ2v) is 4.89. The Hall–Kier alpha value is -1.31. The summed E-state index contributed by atoms with van der Waals surface area (Å²) in [5, 5.41) is 0. The minimum absolute atomic E-state index is 0.322. The Labute approximate surface area is 111 Å². The third-order valence-corrected chi connectivity index (χ3v) is 2.95. The van der Waals surface area contributed by atoms with E-state index >= 15 is 0 Å². The lowest BCUT2D eigenvalue weighted by molar-refractivity contribution is -0.137. The van der Waals surface area contributed by atoms with Crippen molar-refractivity contribution in [3.05, 3.63) is 34.9 Å². The van der Waals surface area contributed by atoms with Crippen LogP contribution in [-0.4, -0.2) is 12.6 Å². The maximum atomic E-state index is 11.2. The summed E-state index contributed by atoms with van der Waals surface area (Å²) in [6.45, 7) is 14.1. The van der Waals surface area contributed by atoms with Gasteiger partial charge in [-0.2, -0.15) is 0 Å². The Balaban J connectivity index is 4.10. The highest BCUT2D eigenvalue weighted by atomic mass is 16.5. The molecule has 18 heavy (non-hydrogen) atoms. The van der Waals surface area contributed by atoms with Gasteiger partial charge in [-0.05, 0) is 53.0 Å². The smallest absolute Gasteiger partial charge is 0.333 e. The van der Waals surface area contributed by atoms with Crippen LogP contribution in [0.4, 0.5) is 0 Å². The number of carbonyl (C=O) groups is 1. The highest BCUT2D eigenvalue weighted by molar-refractivity contribution is 5.86. The van der Waals surface area contributed by atoms with Crippen LogP contribution in [0.2, 0.25) is 0 Å². The molecule has 0 radical (unpaired) electrons. The zero-order valence-corrected chi connectivity index (χ0v) is 12.4. The first-order valence-electron chi connectivity index (χ1n) is 6.52.